The number of phenolic OH excluding ortho intramolecular Hbond substituents is 1. The lowest BCUT2D eigenvalue weighted by Gasteiger charge is -2.11. The van der Waals surface area contributed by atoms with Gasteiger partial charge < -0.3 is 5.11 Å². The van der Waals surface area contributed by atoms with E-state index in [0.717, 1.165) is 25.0 Å². The number of aromatic hydroxyl groups is 1. The second-order valence-electron chi connectivity index (χ2n) is 5.99. The van der Waals surface area contributed by atoms with Gasteiger partial charge in [0.25, 0.3) is 0 Å². The Hall–Kier alpha value is -2.56. The van der Waals surface area contributed by atoms with Gasteiger partial charge in [-0.2, -0.15) is 0 Å². The lowest BCUT2D eigenvalue weighted by Crippen LogP contribution is -1.96. The highest BCUT2D eigenvalue weighted by atomic mass is 19.1. The Morgan fingerprint density at radius 3 is 2.20 bits per heavy atom. The standard InChI is InChI=1S/C20H16F4O/c1-2-3-4-11-7-14(21)18(15(22)8-11)13-9-12-5-6-17(25)20(24)19(12)16(23)10-13/h5-10,25H,2-4H2,1H3. The number of hydrogen-bond donors (Lipinski definition) is 1. The number of halogens is 4. The maximum absolute atomic E-state index is 14.4. The number of fused-ring (bicyclic) bond motifs is 1. The van der Waals surface area contributed by atoms with Crippen molar-refractivity contribution in [1.82, 2.24) is 0 Å². The van der Waals surface area contributed by atoms with Gasteiger partial charge in [-0.15, -0.1) is 0 Å². The molecule has 0 unspecified atom stereocenters. The van der Waals surface area contributed by atoms with Crippen molar-refractivity contribution in [3.63, 3.8) is 0 Å². The van der Waals surface area contributed by atoms with Gasteiger partial charge in [-0.3, -0.25) is 0 Å². The summed E-state index contributed by atoms with van der Waals surface area (Å²) in [4.78, 5) is 0. The van der Waals surface area contributed by atoms with E-state index in [1.54, 1.807) is 0 Å². The van der Waals surface area contributed by atoms with Crippen LogP contribution in [0.5, 0.6) is 5.75 Å². The predicted molar refractivity (Wildman–Crippen MR) is 89.5 cm³/mol. The van der Waals surface area contributed by atoms with Crippen molar-refractivity contribution in [2.24, 2.45) is 0 Å². The Bertz CT molecular complexity index is 927. The molecule has 3 rings (SSSR count). The van der Waals surface area contributed by atoms with Crippen LogP contribution in [0.3, 0.4) is 0 Å². The maximum Gasteiger partial charge on any atom is 0.175 e. The van der Waals surface area contributed by atoms with Gasteiger partial charge in [0, 0.05) is 0 Å². The number of aryl methyl sites for hydroxylation is 1. The Morgan fingerprint density at radius 2 is 1.56 bits per heavy atom. The minimum atomic E-state index is -1.10. The molecule has 0 aromatic heterocycles. The first-order valence-electron chi connectivity index (χ1n) is 8.01. The van der Waals surface area contributed by atoms with Gasteiger partial charge in [-0.05, 0) is 59.7 Å². The highest BCUT2D eigenvalue weighted by Gasteiger charge is 2.18. The van der Waals surface area contributed by atoms with Gasteiger partial charge in [-0.1, -0.05) is 19.4 Å². The summed E-state index contributed by atoms with van der Waals surface area (Å²) in [6.07, 6.45) is 2.27. The molecule has 0 atom stereocenters. The second-order valence-corrected chi connectivity index (χ2v) is 5.99. The largest absolute Gasteiger partial charge is 0.505 e. The minimum absolute atomic E-state index is 0.0212. The van der Waals surface area contributed by atoms with Gasteiger partial charge in [0.1, 0.15) is 17.5 Å². The monoisotopic (exact) mass is 348 g/mol. The van der Waals surface area contributed by atoms with Crippen LogP contribution in [0.2, 0.25) is 0 Å². The molecule has 0 heterocycles. The van der Waals surface area contributed by atoms with Gasteiger partial charge in [-0.25, -0.2) is 17.6 Å². The van der Waals surface area contributed by atoms with Gasteiger partial charge >= 0.3 is 0 Å². The molecular weight excluding hydrogens is 332 g/mol. The summed E-state index contributed by atoms with van der Waals surface area (Å²) in [5.74, 6) is -4.35. The summed E-state index contributed by atoms with van der Waals surface area (Å²) in [6.45, 7) is 1.98. The molecule has 0 aliphatic heterocycles. The van der Waals surface area contributed by atoms with Crippen molar-refractivity contribution in [3.05, 3.63) is 65.2 Å². The molecule has 130 valence electrons. The van der Waals surface area contributed by atoms with Gasteiger partial charge in [0.15, 0.2) is 11.6 Å². The summed E-state index contributed by atoms with van der Waals surface area (Å²) < 4.78 is 57.0. The smallest absolute Gasteiger partial charge is 0.175 e. The van der Waals surface area contributed by atoms with E-state index in [4.69, 9.17) is 0 Å². The third-order valence-electron chi connectivity index (χ3n) is 4.20. The van der Waals surface area contributed by atoms with Crippen molar-refractivity contribution >= 4 is 10.8 Å². The van der Waals surface area contributed by atoms with Crippen LogP contribution in [-0.2, 0) is 6.42 Å². The van der Waals surface area contributed by atoms with Crippen LogP contribution in [-0.4, -0.2) is 5.11 Å². The Labute approximate surface area is 142 Å². The van der Waals surface area contributed by atoms with Crippen molar-refractivity contribution in [3.8, 4) is 16.9 Å². The third kappa shape index (κ3) is 3.18. The van der Waals surface area contributed by atoms with Crippen molar-refractivity contribution in [2.45, 2.75) is 26.2 Å². The normalized spacial score (nSPS) is 11.2. The summed E-state index contributed by atoms with van der Waals surface area (Å²) in [6, 6.07) is 7.03. The van der Waals surface area contributed by atoms with E-state index in [2.05, 4.69) is 0 Å². The van der Waals surface area contributed by atoms with Crippen LogP contribution in [0.15, 0.2) is 36.4 Å². The zero-order valence-corrected chi connectivity index (χ0v) is 13.5. The molecule has 0 fully saturated rings. The molecule has 3 aromatic carbocycles. The first kappa shape index (κ1) is 17.3. The lowest BCUT2D eigenvalue weighted by atomic mass is 9.97. The highest BCUT2D eigenvalue weighted by molar-refractivity contribution is 5.89. The van der Waals surface area contributed by atoms with Crippen molar-refractivity contribution in [1.29, 1.82) is 0 Å². The van der Waals surface area contributed by atoms with E-state index < -0.39 is 34.4 Å². The number of rotatable bonds is 4. The number of phenols is 1. The fraction of sp³-hybridized carbons (Fsp3) is 0.200. The minimum Gasteiger partial charge on any atom is -0.505 e. The number of unbranched alkanes of at least 4 members (excludes halogenated alkanes) is 1. The molecule has 3 aromatic rings. The summed E-state index contributed by atoms with van der Waals surface area (Å²) >= 11 is 0. The van der Waals surface area contributed by atoms with E-state index >= 15 is 0 Å². The van der Waals surface area contributed by atoms with Crippen LogP contribution in [0.1, 0.15) is 25.3 Å². The maximum atomic E-state index is 14.4. The molecule has 0 aliphatic carbocycles. The van der Waals surface area contributed by atoms with Crippen LogP contribution >= 0.6 is 0 Å². The summed E-state index contributed by atoms with van der Waals surface area (Å²) in [7, 11) is 0. The van der Waals surface area contributed by atoms with Crippen LogP contribution in [0.25, 0.3) is 21.9 Å². The van der Waals surface area contributed by atoms with Crippen LogP contribution in [0.4, 0.5) is 17.6 Å². The Morgan fingerprint density at radius 1 is 0.880 bits per heavy atom. The fourth-order valence-electron chi connectivity index (χ4n) is 2.93. The lowest BCUT2D eigenvalue weighted by molar-refractivity contribution is 0.435. The fourth-order valence-corrected chi connectivity index (χ4v) is 2.93. The molecule has 0 amide bonds. The topological polar surface area (TPSA) is 20.2 Å². The summed E-state index contributed by atoms with van der Waals surface area (Å²) in [5.41, 5.74) is 0.166. The van der Waals surface area contributed by atoms with E-state index in [1.165, 1.54) is 24.3 Å². The van der Waals surface area contributed by atoms with Crippen LogP contribution < -0.4 is 0 Å². The van der Waals surface area contributed by atoms with E-state index in [9.17, 15) is 22.7 Å². The highest BCUT2D eigenvalue weighted by Crippen LogP contribution is 2.34. The Balaban J connectivity index is 2.15. The molecule has 5 heteroatoms. The molecule has 0 aliphatic rings. The third-order valence-corrected chi connectivity index (χ3v) is 4.20. The molecule has 25 heavy (non-hydrogen) atoms. The van der Waals surface area contributed by atoms with Crippen molar-refractivity contribution < 1.29 is 22.7 Å². The zero-order valence-electron chi connectivity index (χ0n) is 13.5. The molecule has 0 saturated carbocycles. The molecule has 1 nitrogen and oxygen atoms in total. The average molecular weight is 348 g/mol. The molecule has 0 saturated heterocycles. The number of hydrogen-bond acceptors (Lipinski definition) is 1. The first-order valence-corrected chi connectivity index (χ1v) is 8.01. The average Bonchev–Trinajstić information content (AvgIpc) is 2.55. The SMILES string of the molecule is CCCCc1cc(F)c(-c2cc(F)c3c(F)c(O)ccc3c2)c(F)c1. The van der Waals surface area contributed by atoms with Gasteiger partial charge in [0.05, 0.1) is 10.9 Å². The molecule has 0 bridgehead atoms. The second kappa shape index (κ2) is 6.75. The first-order chi connectivity index (χ1) is 11.9. The van der Waals surface area contributed by atoms with Crippen LogP contribution in [0, 0.1) is 23.3 Å². The Kier molecular flexibility index (Phi) is 4.66. The number of benzene rings is 3. The zero-order chi connectivity index (χ0) is 18.1. The molecule has 0 radical (unpaired) electrons. The van der Waals surface area contributed by atoms with Crippen molar-refractivity contribution in [2.75, 3.05) is 0 Å². The predicted octanol–water partition coefficient (Wildman–Crippen LogP) is 6.11. The van der Waals surface area contributed by atoms with E-state index in [0.29, 0.717) is 12.0 Å². The van der Waals surface area contributed by atoms with Gasteiger partial charge in [0.2, 0.25) is 0 Å². The van der Waals surface area contributed by atoms with E-state index in [1.807, 2.05) is 6.92 Å². The van der Waals surface area contributed by atoms with E-state index in [-0.39, 0.29) is 16.5 Å². The quantitative estimate of drug-likeness (QED) is 0.564. The molecule has 1 N–H and O–H groups in total. The summed E-state index contributed by atoms with van der Waals surface area (Å²) in [5, 5.41) is 9.05. The molecular formula is C20H16F4O. The molecule has 0 spiro atoms.